The van der Waals surface area contributed by atoms with E-state index in [1.165, 1.54) is 5.56 Å². The molecule has 2 N–H and O–H groups in total. The van der Waals surface area contributed by atoms with Crippen LogP contribution in [0.1, 0.15) is 30.1 Å². The van der Waals surface area contributed by atoms with E-state index in [9.17, 15) is 5.11 Å². The summed E-state index contributed by atoms with van der Waals surface area (Å²) in [7, 11) is 0. The lowest BCUT2D eigenvalue weighted by atomic mass is 10.1. The number of phenols is 1. The number of rotatable bonds is 3. The molecule has 0 saturated carbocycles. The van der Waals surface area contributed by atoms with Crippen LogP contribution in [0.15, 0.2) is 42.7 Å². The van der Waals surface area contributed by atoms with E-state index in [0.717, 1.165) is 11.3 Å². The first-order valence-electron chi connectivity index (χ1n) is 6.36. The van der Waals surface area contributed by atoms with Crippen molar-refractivity contribution in [2.75, 3.05) is 6.61 Å². The fourth-order valence-electron chi connectivity index (χ4n) is 2.39. The number of phenolic OH excluding ortho intramolecular Hbond substituents is 1. The van der Waals surface area contributed by atoms with Gasteiger partial charge in [0.15, 0.2) is 0 Å². The third-order valence-corrected chi connectivity index (χ3v) is 3.44. The molecule has 0 bridgehead atoms. The molecular formula is C15H16N2O2. The van der Waals surface area contributed by atoms with Gasteiger partial charge < -0.3 is 15.2 Å². The first-order chi connectivity index (χ1) is 9.24. The maximum absolute atomic E-state index is 9.44. The van der Waals surface area contributed by atoms with Crippen LogP contribution >= 0.6 is 0 Å². The number of benzene rings is 1. The monoisotopic (exact) mass is 256 g/mol. The summed E-state index contributed by atoms with van der Waals surface area (Å²) >= 11 is 0. The Labute approximate surface area is 112 Å². The molecule has 4 nitrogen and oxygen atoms in total. The van der Waals surface area contributed by atoms with E-state index < -0.39 is 0 Å². The fourth-order valence-corrected chi connectivity index (χ4v) is 2.39. The SMILES string of the molecule is C[C@H](NC1COc2cc(O)ccc21)c1ccncc1. The second-order valence-electron chi connectivity index (χ2n) is 4.75. The average molecular weight is 256 g/mol. The Bertz CT molecular complexity index is 572. The van der Waals surface area contributed by atoms with Crippen LogP contribution in [-0.4, -0.2) is 16.7 Å². The normalized spacial score (nSPS) is 18.7. The summed E-state index contributed by atoms with van der Waals surface area (Å²) in [6.07, 6.45) is 3.59. The molecule has 0 spiro atoms. The number of hydrogen-bond acceptors (Lipinski definition) is 4. The molecular weight excluding hydrogens is 240 g/mol. The van der Waals surface area contributed by atoms with Crippen LogP contribution in [0, 0.1) is 0 Å². The van der Waals surface area contributed by atoms with Crippen molar-refractivity contribution < 1.29 is 9.84 Å². The lowest BCUT2D eigenvalue weighted by Crippen LogP contribution is -2.25. The van der Waals surface area contributed by atoms with Gasteiger partial charge in [-0.25, -0.2) is 0 Å². The van der Waals surface area contributed by atoms with E-state index in [0.29, 0.717) is 6.61 Å². The number of aromatic nitrogens is 1. The summed E-state index contributed by atoms with van der Waals surface area (Å²) in [5, 5.41) is 13.0. The van der Waals surface area contributed by atoms with Gasteiger partial charge in [-0.05, 0) is 36.8 Å². The summed E-state index contributed by atoms with van der Waals surface area (Å²) in [5.41, 5.74) is 2.29. The molecule has 1 aromatic carbocycles. The Morgan fingerprint density at radius 1 is 1.32 bits per heavy atom. The lowest BCUT2D eigenvalue weighted by molar-refractivity contribution is 0.300. The van der Waals surface area contributed by atoms with Crippen molar-refractivity contribution >= 4 is 0 Å². The van der Waals surface area contributed by atoms with Crippen molar-refractivity contribution in [3.63, 3.8) is 0 Å². The Hall–Kier alpha value is -2.07. The van der Waals surface area contributed by atoms with Crippen LogP contribution in [0.3, 0.4) is 0 Å². The highest BCUT2D eigenvalue weighted by Gasteiger charge is 2.25. The zero-order chi connectivity index (χ0) is 13.2. The second kappa shape index (κ2) is 4.90. The molecule has 0 fully saturated rings. The molecule has 1 aliphatic heterocycles. The Morgan fingerprint density at radius 2 is 2.11 bits per heavy atom. The van der Waals surface area contributed by atoms with E-state index in [1.807, 2.05) is 18.2 Å². The first-order valence-corrected chi connectivity index (χ1v) is 6.36. The van der Waals surface area contributed by atoms with Gasteiger partial charge in [0.2, 0.25) is 0 Å². The van der Waals surface area contributed by atoms with Crippen LogP contribution in [0.25, 0.3) is 0 Å². The van der Waals surface area contributed by atoms with E-state index in [-0.39, 0.29) is 17.8 Å². The predicted molar refractivity (Wildman–Crippen MR) is 72.1 cm³/mol. The standard InChI is InChI=1S/C15H16N2O2/c1-10(11-4-6-16-7-5-11)17-14-9-19-15-8-12(18)2-3-13(14)15/h2-8,10,14,17-18H,9H2,1H3/t10-,14?/m0/s1. The first kappa shape index (κ1) is 12.0. The van der Waals surface area contributed by atoms with Gasteiger partial charge in [-0.15, -0.1) is 0 Å². The van der Waals surface area contributed by atoms with Gasteiger partial charge in [-0.3, -0.25) is 4.98 Å². The molecule has 19 heavy (non-hydrogen) atoms. The smallest absolute Gasteiger partial charge is 0.127 e. The highest BCUT2D eigenvalue weighted by Crippen LogP contribution is 2.35. The molecule has 0 saturated heterocycles. The molecule has 1 aliphatic rings. The molecule has 2 aromatic rings. The van der Waals surface area contributed by atoms with Crippen LogP contribution in [0.2, 0.25) is 0 Å². The van der Waals surface area contributed by atoms with E-state index >= 15 is 0 Å². The molecule has 4 heteroatoms. The van der Waals surface area contributed by atoms with Gasteiger partial charge >= 0.3 is 0 Å². The molecule has 3 rings (SSSR count). The number of nitrogens with zero attached hydrogens (tertiary/aromatic N) is 1. The van der Waals surface area contributed by atoms with Crippen molar-refractivity contribution in [1.82, 2.24) is 10.3 Å². The molecule has 98 valence electrons. The quantitative estimate of drug-likeness (QED) is 0.886. The topological polar surface area (TPSA) is 54.4 Å². The van der Waals surface area contributed by atoms with Crippen molar-refractivity contribution in [2.24, 2.45) is 0 Å². The fraction of sp³-hybridized carbons (Fsp3) is 0.267. The van der Waals surface area contributed by atoms with Crippen molar-refractivity contribution in [3.8, 4) is 11.5 Å². The van der Waals surface area contributed by atoms with Gasteiger partial charge in [0.25, 0.3) is 0 Å². The van der Waals surface area contributed by atoms with Gasteiger partial charge in [-0.1, -0.05) is 0 Å². The summed E-state index contributed by atoms with van der Waals surface area (Å²) in [5.74, 6) is 1.00. The molecule has 0 amide bonds. The number of pyridine rings is 1. The minimum absolute atomic E-state index is 0.152. The Balaban J connectivity index is 1.76. The highest BCUT2D eigenvalue weighted by atomic mass is 16.5. The largest absolute Gasteiger partial charge is 0.508 e. The average Bonchev–Trinajstić information content (AvgIpc) is 2.82. The summed E-state index contributed by atoms with van der Waals surface area (Å²) in [4.78, 5) is 4.02. The van der Waals surface area contributed by atoms with Crippen LogP contribution < -0.4 is 10.1 Å². The number of ether oxygens (including phenoxy) is 1. The third kappa shape index (κ3) is 2.39. The van der Waals surface area contributed by atoms with Crippen LogP contribution in [-0.2, 0) is 0 Å². The van der Waals surface area contributed by atoms with E-state index in [4.69, 9.17) is 4.74 Å². The van der Waals surface area contributed by atoms with Gasteiger partial charge in [0.1, 0.15) is 18.1 Å². The molecule has 1 aromatic heterocycles. The van der Waals surface area contributed by atoms with Crippen molar-refractivity contribution in [2.45, 2.75) is 19.0 Å². The predicted octanol–water partition coefficient (Wildman–Crippen LogP) is 2.57. The lowest BCUT2D eigenvalue weighted by Gasteiger charge is -2.19. The highest BCUT2D eigenvalue weighted by molar-refractivity contribution is 5.44. The molecule has 0 aliphatic carbocycles. The van der Waals surface area contributed by atoms with Gasteiger partial charge in [0.05, 0.1) is 6.04 Å². The number of aromatic hydroxyl groups is 1. The summed E-state index contributed by atoms with van der Waals surface area (Å²) in [6, 6.07) is 9.65. The number of fused-ring (bicyclic) bond motifs is 1. The van der Waals surface area contributed by atoms with E-state index in [2.05, 4.69) is 17.2 Å². The number of nitrogens with one attached hydrogen (secondary N) is 1. The Kier molecular flexibility index (Phi) is 3.09. The van der Waals surface area contributed by atoms with Gasteiger partial charge in [0, 0.05) is 30.1 Å². The molecule has 2 heterocycles. The second-order valence-corrected chi connectivity index (χ2v) is 4.75. The van der Waals surface area contributed by atoms with Gasteiger partial charge in [-0.2, -0.15) is 0 Å². The minimum Gasteiger partial charge on any atom is -0.508 e. The maximum Gasteiger partial charge on any atom is 0.127 e. The zero-order valence-electron chi connectivity index (χ0n) is 10.7. The summed E-state index contributed by atoms with van der Waals surface area (Å²) in [6.45, 7) is 2.71. The zero-order valence-corrected chi connectivity index (χ0v) is 10.7. The Morgan fingerprint density at radius 3 is 2.89 bits per heavy atom. The molecule has 0 radical (unpaired) electrons. The van der Waals surface area contributed by atoms with Crippen molar-refractivity contribution in [1.29, 1.82) is 0 Å². The van der Waals surface area contributed by atoms with Crippen LogP contribution in [0.4, 0.5) is 0 Å². The van der Waals surface area contributed by atoms with E-state index in [1.54, 1.807) is 24.5 Å². The van der Waals surface area contributed by atoms with Crippen molar-refractivity contribution in [3.05, 3.63) is 53.9 Å². The molecule has 2 atom stereocenters. The maximum atomic E-state index is 9.44. The minimum atomic E-state index is 0.152. The summed E-state index contributed by atoms with van der Waals surface area (Å²) < 4.78 is 5.59. The molecule has 1 unspecified atom stereocenters. The van der Waals surface area contributed by atoms with Crippen LogP contribution in [0.5, 0.6) is 11.5 Å². The number of hydrogen-bond donors (Lipinski definition) is 2. The third-order valence-electron chi connectivity index (χ3n) is 3.44.